The second-order valence-electron chi connectivity index (χ2n) is 7.96. The van der Waals surface area contributed by atoms with Crippen molar-refractivity contribution in [1.82, 2.24) is 4.90 Å². The summed E-state index contributed by atoms with van der Waals surface area (Å²) in [4.78, 5) is 29.2. The number of amides is 2. The first-order valence-corrected chi connectivity index (χ1v) is 10.3. The molecular weight excluding hydrogens is 338 g/mol. The molecule has 0 bridgehead atoms. The molecule has 0 aromatic heterocycles. The van der Waals surface area contributed by atoms with Gasteiger partial charge in [-0.15, -0.1) is 0 Å². The number of hydrogen-bond acceptors (Lipinski definition) is 3. The van der Waals surface area contributed by atoms with Gasteiger partial charge in [0.1, 0.15) is 0 Å². The normalized spacial score (nSPS) is 14.9. The Hall–Kier alpha value is -2.04. The first kappa shape index (κ1) is 21.3. The Kier molecular flexibility index (Phi) is 8.14. The topological polar surface area (TPSA) is 52.7 Å². The molecule has 0 aliphatic carbocycles. The lowest BCUT2D eigenvalue weighted by Gasteiger charge is -2.31. The summed E-state index contributed by atoms with van der Waals surface area (Å²) in [5.41, 5.74) is 2.26. The van der Waals surface area contributed by atoms with Gasteiger partial charge in [-0.1, -0.05) is 33.1 Å². The Morgan fingerprint density at radius 1 is 1.15 bits per heavy atom. The van der Waals surface area contributed by atoms with E-state index in [9.17, 15) is 9.59 Å². The summed E-state index contributed by atoms with van der Waals surface area (Å²) < 4.78 is 0. The zero-order valence-electron chi connectivity index (χ0n) is 17.4. The summed E-state index contributed by atoms with van der Waals surface area (Å²) in [6.45, 7) is 6.01. The van der Waals surface area contributed by atoms with Gasteiger partial charge in [-0.25, -0.2) is 0 Å². The van der Waals surface area contributed by atoms with Crippen LogP contribution in [0, 0.1) is 5.92 Å². The Bertz CT molecular complexity index is 634. The first-order valence-electron chi connectivity index (χ1n) is 10.3. The van der Waals surface area contributed by atoms with Crippen LogP contribution in [0.4, 0.5) is 11.4 Å². The molecule has 150 valence electrons. The average molecular weight is 374 g/mol. The lowest BCUT2D eigenvalue weighted by Crippen LogP contribution is -2.38. The number of piperidine rings is 1. The van der Waals surface area contributed by atoms with Crippen molar-refractivity contribution in [3.05, 3.63) is 23.8 Å². The molecule has 1 N–H and O–H groups in total. The van der Waals surface area contributed by atoms with Crippen molar-refractivity contribution in [3.8, 4) is 0 Å². The van der Waals surface area contributed by atoms with Crippen molar-refractivity contribution in [1.29, 1.82) is 0 Å². The minimum absolute atomic E-state index is 0.0221. The maximum atomic E-state index is 13.1. The van der Waals surface area contributed by atoms with E-state index in [1.807, 2.05) is 42.1 Å². The van der Waals surface area contributed by atoms with E-state index in [0.29, 0.717) is 23.6 Å². The van der Waals surface area contributed by atoms with Gasteiger partial charge in [-0.05, 0) is 43.4 Å². The van der Waals surface area contributed by atoms with Crippen molar-refractivity contribution in [2.45, 2.75) is 58.8 Å². The zero-order chi connectivity index (χ0) is 19.8. The SMILES string of the molecule is CCCCCCC(=O)Nc1ccc(N(C)C)c(C(=O)N2CCC(C)CC2)c1. The second kappa shape index (κ2) is 10.3. The molecule has 1 fully saturated rings. The summed E-state index contributed by atoms with van der Waals surface area (Å²) in [6.07, 6.45) is 6.96. The van der Waals surface area contributed by atoms with E-state index in [1.165, 1.54) is 0 Å². The highest BCUT2D eigenvalue weighted by Crippen LogP contribution is 2.26. The number of hydrogen-bond donors (Lipinski definition) is 1. The molecule has 5 heteroatoms. The van der Waals surface area contributed by atoms with Crippen LogP contribution in [0.1, 0.15) is 69.2 Å². The predicted octanol–water partition coefficient (Wildman–Crippen LogP) is 4.53. The molecule has 1 aromatic carbocycles. The highest BCUT2D eigenvalue weighted by Gasteiger charge is 2.24. The molecule has 1 aliphatic heterocycles. The van der Waals surface area contributed by atoms with E-state index in [1.54, 1.807) is 0 Å². The third-order valence-corrected chi connectivity index (χ3v) is 5.32. The standard InChI is InChI=1S/C22H35N3O2/c1-5-6-7-8-9-21(26)23-18-10-11-20(24(3)4)19(16-18)22(27)25-14-12-17(2)13-15-25/h10-11,16-17H,5-9,12-15H2,1-4H3,(H,23,26). The molecule has 27 heavy (non-hydrogen) atoms. The van der Waals surface area contributed by atoms with Crippen LogP contribution in [-0.2, 0) is 4.79 Å². The molecule has 1 heterocycles. The van der Waals surface area contributed by atoms with Gasteiger partial charge in [0, 0.05) is 45.0 Å². The van der Waals surface area contributed by atoms with Crippen LogP contribution in [0.5, 0.6) is 0 Å². The van der Waals surface area contributed by atoms with Crippen LogP contribution in [-0.4, -0.2) is 43.9 Å². The van der Waals surface area contributed by atoms with Gasteiger partial charge in [0.2, 0.25) is 5.91 Å². The Morgan fingerprint density at radius 3 is 2.48 bits per heavy atom. The van der Waals surface area contributed by atoms with Crippen molar-refractivity contribution < 1.29 is 9.59 Å². The Morgan fingerprint density at radius 2 is 1.85 bits per heavy atom. The third kappa shape index (κ3) is 6.26. The van der Waals surface area contributed by atoms with E-state index in [2.05, 4.69) is 19.2 Å². The summed E-state index contributed by atoms with van der Waals surface area (Å²) >= 11 is 0. The monoisotopic (exact) mass is 373 g/mol. The van der Waals surface area contributed by atoms with Crippen LogP contribution >= 0.6 is 0 Å². The molecule has 0 radical (unpaired) electrons. The van der Waals surface area contributed by atoms with E-state index in [-0.39, 0.29) is 11.8 Å². The van der Waals surface area contributed by atoms with Crippen LogP contribution < -0.4 is 10.2 Å². The predicted molar refractivity (Wildman–Crippen MR) is 112 cm³/mol. The number of benzene rings is 1. The maximum Gasteiger partial charge on any atom is 0.256 e. The van der Waals surface area contributed by atoms with E-state index >= 15 is 0 Å². The summed E-state index contributed by atoms with van der Waals surface area (Å²) in [7, 11) is 3.88. The molecule has 1 saturated heterocycles. The molecule has 0 unspecified atom stereocenters. The largest absolute Gasteiger partial charge is 0.377 e. The van der Waals surface area contributed by atoms with Gasteiger partial charge in [-0.3, -0.25) is 9.59 Å². The molecule has 2 rings (SSSR count). The number of unbranched alkanes of at least 4 members (excludes halogenated alkanes) is 3. The number of rotatable bonds is 8. The average Bonchev–Trinajstić information content (AvgIpc) is 2.65. The van der Waals surface area contributed by atoms with Gasteiger partial charge >= 0.3 is 0 Å². The highest BCUT2D eigenvalue weighted by molar-refractivity contribution is 6.02. The van der Waals surface area contributed by atoms with E-state index in [0.717, 1.165) is 57.3 Å². The third-order valence-electron chi connectivity index (χ3n) is 5.32. The number of anilines is 2. The molecule has 1 aliphatic rings. The fraction of sp³-hybridized carbons (Fsp3) is 0.636. The molecule has 0 atom stereocenters. The molecule has 0 spiro atoms. The fourth-order valence-electron chi connectivity index (χ4n) is 3.49. The van der Waals surface area contributed by atoms with Crippen molar-refractivity contribution in [3.63, 3.8) is 0 Å². The van der Waals surface area contributed by atoms with Crippen LogP contribution in [0.25, 0.3) is 0 Å². The molecule has 1 aromatic rings. The molecule has 2 amide bonds. The number of nitrogens with zero attached hydrogens (tertiary/aromatic N) is 2. The van der Waals surface area contributed by atoms with Crippen molar-refractivity contribution >= 4 is 23.2 Å². The molecule has 5 nitrogen and oxygen atoms in total. The fourth-order valence-corrected chi connectivity index (χ4v) is 3.49. The summed E-state index contributed by atoms with van der Waals surface area (Å²) in [5.74, 6) is 0.763. The van der Waals surface area contributed by atoms with Gasteiger partial charge in [-0.2, -0.15) is 0 Å². The van der Waals surface area contributed by atoms with Gasteiger partial charge < -0.3 is 15.1 Å². The Labute approximate surface area is 164 Å². The smallest absolute Gasteiger partial charge is 0.256 e. The molecular formula is C22H35N3O2. The minimum Gasteiger partial charge on any atom is -0.377 e. The van der Waals surface area contributed by atoms with Gasteiger partial charge in [0.15, 0.2) is 0 Å². The lowest BCUT2D eigenvalue weighted by atomic mass is 9.98. The van der Waals surface area contributed by atoms with E-state index < -0.39 is 0 Å². The van der Waals surface area contributed by atoms with Gasteiger partial charge in [0.25, 0.3) is 5.91 Å². The van der Waals surface area contributed by atoms with Crippen molar-refractivity contribution in [2.24, 2.45) is 5.92 Å². The first-order chi connectivity index (χ1) is 12.9. The second-order valence-corrected chi connectivity index (χ2v) is 7.96. The van der Waals surface area contributed by atoms with Crippen LogP contribution in [0.15, 0.2) is 18.2 Å². The number of carbonyl (C=O) groups excluding carboxylic acids is 2. The highest BCUT2D eigenvalue weighted by atomic mass is 16.2. The number of likely N-dealkylation sites (tertiary alicyclic amines) is 1. The van der Waals surface area contributed by atoms with Crippen LogP contribution in [0.2, 0.25) is 0 Å². The summed E-state index contributed by atoms with van der Waals surface area (Å²) in [5, 5.41) is 2.96. The van der Waals surface area contributed by atoms with Crippen LogP contribution in [0.3, 0.4) is 0 Å². The molecule has 0 saturated carbocycles. The Balaban J connectivity index is 2.09. The summed E-state index contributed by atoms with van der Waals surface area (Å²) in [6, 6.07) is 5.64. The lowest BCUT2D eigenvalue weighted by molar-refractivity contribution is -0.116. The maximum absolute atomic E-state index is 13.1. The number of nitrogens with one attached hydrogen (secondary N) is 1. The quantitative estimate of drug-likeness (QED) is 0.681. The zero-order valence-corrected chi connectivity index (χ0v) is 17.4. The van der Waals surface area contributed by atoms with Gasteiger partial charge in [0.05, 0.1) is 5.56 Å². The van der Waals surface area contributed by atoms with Crippen molar-refractivity contribution in [2.75, 3.05) is 37.4 Å². The number of carbonyl (C=O) groups is 2. The minimum atomic E-state index is 0.0221. The van der Waals surface area contributed by atoms with E-state index in [4.69, 9.17) is 0 Å².